The first-order chi connectivity index (χ1) is 30.7. The summed E-state index contributed by atoms with van der Waals surface area (Å²) >= 11 is 0. The van der Waals surface area contributed by atoms with Crippen molar-refractivity contribution in [1.29, 1.82) is 0 Å². The summed E-state index contributed by atoms with van der Waals surface area (Å²) in [5.74, 6) is 1.81. The second kappa shape index (κ2) is 14.7. The maximum Gasteiger partial charge on any atom is 0.165 e. The number of hydrogen-bond donors (Lipinski definition) is 0. The summed E-state index contributed by atoms with van der Waals surface area (Å²) < 4.78 is 4.73. The van der Waals surface area contributed by atoms with Crippen molar-refractivity contribution >= 4 is 43.6 Å². The van der Waals surface area contributed by atoms with Crippen LogP contribution >= 0.6 is 0 Å². The molecule has 4 aromatic heterocycles. The molecule has 8 aromatic carbocycles. The zero-order valence-electron chi connectivity index (χ0n) is 33.5. The molecule has 0 N–H and O–H groups in total. The van der Waals surface area contributed by atoms with E-state index in [4.69, 9.17) is 19.9 Å². The fourth-order valence-electron chi connectivity index (χ4n) is 9.00. The highest BCUT2D eigenvalue weighted by Crippen LogP contribution is 2.40. The molecule has 0 aliphatic carbocycles. The standard InChI is InChI=1S/C56H36N6/c1-4-15-38(16-5-1)54-58-55(39-17-6-2-7-18-39)60-56(59-54)42-33-41(35-57-36-42)45-23-14-26-52-53(45)47-22-11-13-25-50(47)62(52)44-30-27-37(28-31-44)40-29-32-51-48(34-40)46-21-10-12-24-49(46)61(51)43-19-8-3-9-20-43/h1-36H. The lowest BCUT2D eigenvalue weighted by Gasteiger charge is -2.11. The first kappa shape index (κ1) is 35.5. The monoisotopic (exact) mass is 792 g/mol. The maximum atomic E-state index is 4.99. The molecule has 290 valence electrons. The average molecular weight is 793 g/mol. The van der Waals surface area contributed by atoms with Crippen LogP contribution < -0.4 is 0 Å². The van der Waals surface area contributed by atoms with Crippen LogP contribution in [0.1, 0.15) is 0 Å². The molecule has 0 saturated heterocycles. The van der Waals surface area contributed by atoms with Crippen LogP contribution in [0.2, 0.25) is 0 Å². The average Bonchev–Trinajstić information content (AvgIpc) is 3.87. The zero-order chi connectivity index (χ0) is 41.0. The van der Waals surface area contributed by atoms with E-state index < -0.39 is 0 Å². The van der Waals surface area contributed by atoms with Gasteiger partial charge in [-0.05, 0) is 77.4 Å². The van der Waals surface area contributed by atoms with Crippen molar-refractivity contribution in [2.45, 2.75) is 0 Å². The fraction of sp³-hybridized carbons (Fsp3) is 0. The predicted molar refractivity (Wildman–Crippen MR) is 253 cm³/mol. The Morgan fingerprint density at radius 1 is 0.290 bits per heavy atom. The molecule has 0 bridgehead atoms. The van der Waals surface area contributed by atoms with E-state index in [9.17, 15) is 0 Å². The van der Waals surface area contributed by atoms with Crippen LogP contribution in [-0.2, 0) is 0 Å². The Kier molecular flexibility index (Phi) is 8.38. The van der Waals surface area contributed by atoms with Crippen LogP contribution in [0, 0.1) is 0 Å². The molecular weight excluding hydrogens is 757 g/mol. The van der Waals surface area contributed by atoms with Crippen LogP contribution in [0.3, 0.4) is 0 Å². The maximum absolute atomic E-state index is 4.99. The summed E-state index contributed by atoms with van der Waals surface area (Å²) in [5, 5.41) is 4.82. The Balaban J connectivity index is 0.950. The molecule has 4 heterocycles. The van der Waals surface area contributed by atoms with Gasteiger partial charge in [-0.3, -0.25) is 4.98 Å². The Morgan fingerprint density at radius 3 is 1.48 bits per heavy atom. The highest BCUT2D eigenvalue weighted by Gasteiger charge is 2.19. The molecule has 0 fully saturated rings. The smallest absolute Gasteiger partial charge is 0.165 e. The number of hydrogen-bond acceptors (Lipinski definition) is 4. The van der Waals surface area contributed by atoms with Gasteiger partial charge in [0.25, 0.3) is 0 Å². The van der Waals surface area contributed by atoms with Gasteiger partial charge in [-0.2, -0.15) is 0 Å². The normalized spacial score (nSPS) is 11.5. The summed E-state index contributed by atoms with van der Waals surface area (Å²) in [7, 11) is 0. The van der Waals surface area contributed by atoms with Gasteiger partial charge in [0.1, 0.15) is 0 Å². The quantitative estimate of drug-likeness (QED) is 0.161. The molecule has 62 heavy (non-hydrogen) atoms. The molecule has 0 amide bonds. The van der Waals surface area contributed by atoms with E-state index in [2.05, 4.69) is 155 Å². The number of rotatable bonds is 7. The Bertz CT molecular complexity index is 3550. The zero-order valence-corrected chi connectivity index (χ0v) is 33.5. The molecule has 0 unspecified atom stereocenters. The highest BCUT2D eigenvalue weighted by atomic mass is 15.0. The second-order valence-electron chi connectivity index (χ2n) is 15.5. The van der Waals surface area contributed by atoms with E-state index in [1.165, 1.54) is 38.3 Å². The molecule has 12 rings (SSSR count). The van der Waals surface area contributed by atoms with Crippen molar-refractivity contribution in [2.75, 3.05) is 0 Å². The summed E-state index contributed by atoms with van der Waals surface area (Å²) in [4.78, 5) is 19.7. The number of para-hydroxylation sites is 3. The number of aromatic nitrogens is 6. The number of nitrogens with zero attached hydrogens (tertiary/aromatic N) is 6. The molecule has 0 radical (unpaired) electrons. The van der Waals surface area contributed by atoms with E-state index in [0.29, 0.717) is 17.5 Å². The molecule has 0 spiro atoms. The van der Waals surface area contributed by atoms with Gasteiger partial charge in [0.15, 0.2) is 17.5 Å². The van der Waals surface area contributed by atoms with Crippen molar-refractivity contribution in [3.8, 4) is 67.8 Å². The van der Waals surface area contributed by atoms with Gasteiger partial charge < -0.3 is 9.13 Å². The molecule has 0 saturated carbocycles. The van der Waals surface area contributed by atoms with Crippen LogP contribution in [0.25, 0.3) is 111 Å². The first-order valence-corrected chi connectivity index (χ1v) is 20.8. The second-order valence-corrected chi connectivity index (χ2v) is 15.5. The van der Waals surface area contributed by atoms with Crippen molar-refractivity contribution in [2.24, 2.45) is 0 Å². The van der Waals surface area contributed by atoms with Crippen molar-refractivity contribution in [1.82, 2.24) is 29.1 Å². The van der Waals surface area contributed by atoms with Gasteiger partial charge >= 0.3 is 0 Å². The van der Waals surface area contributed by atoms with E-state index in [1.807, 2.05) is 73.1 Å². The predicted octanol–water partition coefficient (Wildman–Crippen LogP) is 13.8. The Labute approximate surface area is 357 Å². The van der Waals surface area contributed by atoms with Gasteiger partial charge in [0.05, 0.1) is 22.1 Å². The van der Waals surface area contributed by atoms with Gasteiger partial charge in [0.2, 0.25) is 0 Å². The number of benzene rings is 8. The highest BCUT2D eigenvalue weighted by molar-refractivity contribution is 6.16. The van der Waals surface area contributed by atoms with E-state index in [-0.39, 0.29) is 0 Å². The lowest BCUT2D eigenvalue weighted by molar-refractivity contribution is 1.07. The van der Waals surface area contributed by atoms with Crippen LogP contribution in [0.15, 0.2) is 219 Å². The number of fused-ring (bicyclic) bond motifs is 6. The third-order valence-corrected chi connectivity index (χ3v) is 11.9. The molecule has 6 nitrogen and oxygen atoms in total. The summed E-state index contributed by atoms with van der Waals surface area (Å²) in [5.41, 5.74) is 14.0. The molecular formula is C56H36N6. The first-order valence-electron chi connectivity index (χ1n) is 20.8. The summed E-state index contributed by atoms with van der Waals surface area (Å²) in [6.07, 6.45) is 3.77. The third kappa shape index (κ3) is 5.96. The number of pyridine rings is 1. The Hall–Kier alpha value is -8.48. The molecule has 0 atom stereocenters. The lowest BCUT2D eigenvalue weighted by Crippen LogP contribution is -2.00. The minimum absolute atomic E-state index is 0.572. The van der Waals surface area contributed by atoms with Gasteiger partial charge in [0, 0.05) is 67.6 Å². The van der Waals surface area contributed by atoms with Crippen molar-refractivity contribution < 1.29 is 0 Å². The van der Waals surface area contributed by atoms with Crippen molar-refractivity contribution in [3.63, 3.8) is 0 Å². The largest absolute Gasteiger partial charge is 0.309 e. The lowest BCUT2D eigenvalue weighted by atomic mass is 9.99. The molecule has 0 aliphatic heterocycles. The van der Waals surface area contributed by atoms with Crippen LogP contribution in [-0.4, -0.2) is 29.1 Å². The van der Waals surface area contributed by atoms with Crippen molar-refractivity contribution in [3.05, 3.63) is 219 Å². The van der Waals surface area contributed by atoms with E-state index in [0.717, 1.165) is 55.6 Å². The topological polar surface area (TPSA) is 61.4 Å². The summed E-state index contributed by atoms with van der Waals surface area (Å²) in [6.45, 7) is 0. The molecule has 6 heteroatoms. The van der Waals surface area contributed by atoms with Gasteiger partial charge in [-0.25, -0.2) is 15.0 Å². The third-order valence-electron chi connectivity index (χ3n) is 11.9. The van der Waals surface area contributed by atoms with E-state index >= 15 is 0 Å². The minimum Gasteiger partial charge on any atom is -0.309 e. The van der Waals surface area contributed by atoms with Crippen LogP contribution in [0.5, 0.6) is 0 Å². The SMILES string of the molecule is c1ccc(-c2nc(-c3ccccc3)nc(-c3cncc(-c4cccc5c4c4ccccc4n5-c4ccc(-c5ccc6c(c5)c5ccccc5n6-c5ccccc5)cc4)c3)n2)cc1. The summed E-state index contributed by atoms with van der Waals surface area (Å²) in [6, 6.07) is 72.5. The van der Waals surface area contributed by atoms with Gasteiger partial charge in [-0.1, -0.05) is 146 Å². The fourth-order valence-corrected chi connectivity index (χ4v) is 9.00. The van der Waals surface area contributed by atoms with Gasteiger partial charge in [-0.15, -0.1) is 0 Å². The molecule has 12 aromatic rings. The Morgan fingerprint density at radius 2 is 0.790 bits per heavy atom. The minimum atomic E-state index is 0.572. The van der Waals surface area contributed by atoms with Crippen LogP contribution in [0.4, 0.5) is 0 Å². The van der Waals surface area contributed by atoms with E-state index in [1.54, 1.807) is 0 Å². The molecule has 0 aliphatic rings.